The minimum Gasteiger partial charge on any atom is -0.493 e. The fourth-order valence-corrected chi connectivity index (χ4v) is 5.11. The molecule has 0 radical (unpaired) electrons. The lowest BCUT2D eigenvalue weighted by atomic mass is 9.87. The van der Waals surface area contributed by atoms with Crippen molar-refractivity contribution in [2.45, 2.75) is 51.9 Å². The molecule has 31 heavy (non-hydrogen) atoms. The van der Waals surface area contributed by atoms with Gasteiger partial charge in [-0.25, -0.2) is 0 Å². The zero-order valence-electron chi connectivity index (χ0n) is 19.6. The van der Waals surface area contributed by atoms with Crippen LogP contribution in [0.2, 0.25) is 0 Å². The van der Waals surface area contributed by atoms with Gasteiger partial charge in [-0.05, 0) is 92.2 Å². The van der Waals surface area contributed by atoms with Gasteiger partial charge in [0.1, 0.15) is 0 Å². The summed E-state index contributed by atoms with van der Waals surface area (Å²) in [6.07, 6.45) is 3.77. The number of ether oxygens (including phenoxy) is 2. The minimum absolute atomic E-state index is 0.415. The molecule has 4 rings (SSSR count). The molecule has 2 aromatic carbocycles. The molecule has 3 aromatic rings. The molecule has 2 heterocycles. The van der Waals surface area contributed by atoms with Crippen molar-refractivity contribution in [3.63, 3.8) is 0 Å². The molecule has 0 atom stereocenters. The lowest BCUT2D eigenvalue weighted by Crippen LogP contribution is -2.33. The van der Waals surface area contributed by atoms with Crippen molar-refractivity contribution in [3.8, 4) is 22.8 Å². The van der Waals surface area contributed by atoms with E-state index >= 15 is 0 Å². The van der Waals surface area contributed by atoms with E-state index < -0.39 is 0 Å². The molecule has 0 spiro atoms. The highest BCUT2D eigenvalue weighted by atomic mass is 16.5. The third-order valence-corrected chi connectivity index (χ3v) is 6.71. The van der Waals surface area contributed by atoms with Gasteiger partial charge in [0.25, 0.3) is 0 Å². The molecule has 0 saturated carbocycles. The second-order valence-corrected chi connectivity index (χ2v) is 9.06. The first-order valence-electron chi connectivity index (χ1n) is 11.7. The van der Waals surface area contributed by atoms with E-state index in [2.05, 4.69) is 61.0 Å². The normalized spacial score (nSPS) is 15.7. The number of aromatic amines is 1. The number of benzene rings is 2. The number of fused-ring (bicyclic) bond motifs is 1. The molecule has 0 bridgehead atoms. The van der Waals surface area contributed by atoms with Crippen LogP contribution in [0.3, 0.4) is 0 Å². The van der Waals surface area contributed by atoms with E-state index in [1.54, 1.807) is 14.2 Å². The monoisotopic (exact) mass is 420 g/mol. The lowest BCUT2D eigenvalue weighted by molar-refractivity contribution is 0.213. The number of aromatic nitrogens is 1. The molecule has 4 nitrogen and oxygen atoms in total. The summed E-state index contributed by atoms with van der Waals surface area (Å²) in [5.74, 6) is 2.59. The van der Waals surface area contributed by atoms with Gasteiger partial charge in [-0.2, -0.15) is 0 Å². The van der Waals surface area contributed by atoms with Crippen LogP contribution < -0.4 is 9.47 Å². The predicted octanol–water partition coefficient (Wildman–Crippen LogP) is 6.56. The summed E-state index contributed by atoms with van der Waals surface area (Å²) in [4.78, 5) is 6.31. The van der Waals surface area contributed by atoms with Gasteiger partial charge in [0.05, 0.1) is 19.9 Å². The summed E-state index contributed by atoms with van der Waals surface area (Å²) < 4.78 is 11.0. The van der Waals surface area contributed by atoms with E-state index in [1.165, 1.54) is 66.6 Å². The second-order valence-electron chi connectivity index (χ2n) is 9.06. The fraction of sp³-hybridized carbons (Fsp3) is 0.481. The van der Waals surface area contributed by atoms with Crippen molar-refractivity contribution < 1.29 is 9.47 Å². The van der Waals surface area contributed by atoms with E-state index in [-0.39, 0.29) is 0 Å². The SMILES string of the molecule is CCCN1CCC(c2ccc3[nH]c(-c4ccc(OC)c(OC)c4)c(C(C)C)c3c2)CC1. The Morgan fingerprint density at radius 3 is 2.39 bits per heavy atom. The first kappa shape index (κ1) is 21.8. The zero-order valence-corrected chi connectivity index (χ0v) is 19.6. The highest BCUT2D eigenvalue weighted by Crippen LogP contribution is 2.40. The maximum Gasteiger partial charge on any atom is 0.161 e. The quantitative estimate of drug-likeness (QED) is 0.470. The Bertz CT molecular complexity index is 1030. The van der Waals surface area contributed by atoms with Crippen molar-refractivity contribution >= 4 is 10.9 Å². The van der Waals surface area contributed by atoms with E-state index in [9.17, 15) is 0 Å². The van der Waals surface area contributed by atoms with Crippen LogP contribution in [0.15, 0.2) is 36.4 Å². The van der Waals surface area contributed by atoms with Crippen LogP contribution in [0, 0.1) is 0 Å². The number of hydrogen-bond acceptors (Lipinski definition) is 3. The standard InChI is InChI=1S/C27H36N2O2/c1-6-13-29-14-11-19(12-15-29)20-7-9-23-22(16-20)26(18(2)3)27(28-23)21-8-10-24(30-4)25(17-21)31-5/h7-10,16-19,28H,6,11-15H2,1-5H3. The molecule has 0 unspecified atom stereocenters. The number of piperidine rings is 1. The van der Waals surface area contributed by atoms with Gasteiger partial charge < -0.3 is 19.4 Å². The maximum absolute atomic E-state index is 5.55. The van der Waals surface area contributed by atoms with Crippen LogP contribution in [0.1, 0.15) is 63.0 Å². The average Bonchev–Trinajstić information content (AvgIpc) is 3.18. The van der Waals surface area contributed by atoms with Gasteiger partial charge in [0.15, 0.2) is 11.5 Å². The van der Waals surface area contributed by atoms with Gasteiger partial charge in [-0.3, -0.25) is 0 Å². The van der Waals surface area contributed by atoms with Crippen LogP contribution in [0.25, 0.3) is 22.2 Å². The second kappa shape index (κ2) is 9.35. The smallest absolute Gasteiger partial charge is 0.161 e. The Morgan fingerprint density at radius 1 is 1.00 bits per heavy atom. The van der Waals surface area contributed by atoms with Crippen LogP contribution in [-0.4, -0.2) is 43.7 Å². The highest BCUT2D eigenvalue weighted by molar-refractivity contribution is 5.92. The molecule has 1 saturated heterocycles. The molecular formula is C27H36N2O2. The topological polar surface area (TPSA) is 37.5 Å². The van der Waals surface area contributed by atoms with E-state index in [1.807, 2.05) is 6.07 Å². The van der Waals surface area contributed by atoms with Crippen molar-refractivity contribution in [1.29, 1.82) is 0 Å². The van der Waals surface area contributed by atoms with Gasteiger partial charge >= 0.3 is 0 Å². The number of rotatable bonds is 7. The van der Waals surface area contributed by atoms with Crippen molar-refractivity contribution in [2.75, 3.05) is 33.9 Å². The third-order valence-electron chi connectivity index (χ3n) is 6.71. The number of H-pyrrole nitrogens is 1. The molecule has 1 aromatic heterocycles. The Balaban J connectivity index is 1.71. The van der Waals surface area contributed by atoms with Crippen molar-refractivity contribution in [2.24, 2.45) is 0 Å². The van der Waals surface area contributed by atoms with Gasteiger partial charge in [0.2, 0.25) is 0 Å². The molecule has 1 N–H and O–H groups in total. The molecule has 1 aliphatic rings. The lowest BCUT2D eigenvalue weighted by Gasteiger charge is -2.32. The summed E-state index contributed by atoms with van der Waals surface area (Å²) in [7, 11) is 3.36. The van der Waals surface area contributed by atoms with Crippen LogP contribution >= 0.6 is 0 Å². The van der Waals surface area contributed by atoms with Crippen LogP contribution in [0.4, 0.5) is 0 Å². The summed E-state index contributed by atoms with van der Waals surface area (Å²) in [5, 5.41) is 1.35. The predicted molar refractivity (Wildman–Crippen MR) is 130 cm³/mol. The van der Waals surface area contributed by atoms with Crippen molar-refractivity contribution in [3.05, 3.63) is 47.5 Å². The van der Waals surface area contributed by atoms with Gasteiger partial charge in [-0.1, -0.05) is 26.8 Å². The fourth-order valence-electron chi connectivity index (χ4n) is 5.11. The maximum atomic E-state index is 5.55. The van der Waals surface area contributed by atoms with E-state index in [4.69, 9.17) is 9.47 Å². The molecule has 1 aliphatic heterocycles. The number of likely N-dealkylation sites (tertiary alicyclic amines) is 1. The van der Waals surface area contributed by atoms with E-state index in [0.29, 0.717) is 11.8 Å². The van der Waals surface area contributed by atoms with Gasteiger partial charge in [-0.15, -0.1) is 0 Å². The Morgan fingerprint density at radius 2 is 1.74 bits per heavy atom. The largest absolute Gasteiger partial charge is 0.493 e. The first-order valence-corrected chi connectivity index (χ1v) is 11.7. The highest BCUT2D eigenvalue weighted by Gasteiger charge is 2.22. The van der Waals surface area contributed by atoms with Crippen LogP contribution in [0.5, 0.6) is 11.5 Å². The molecule has 0 aliphatic carbocycles. The average molecular weight is 421 g/mol. The first-order chi connectivity index (χ1) is 15.0. The van der Waals surface area contributed by atoms with Crippen LogP contribution in [-0.2, 0) is 0 Å². The molecule has 4 heteroatoms. The molecular weight excluding hydrogens is 384 g/mol. The number of methoxy groups -OCH3 is 2. The molecule has 1 fully saturated rings. The summed E-state index contributed by atoms with van der Waals surface area (Å²) in [6, 6.07) is 13.2. The minimum atomic E-state index is 0.415. The Kier molecular flexibility index (Phi) is 6.57. The van der Waals surface area contributed by atoms with Crippen molar-refractivity contribution in [1.82, 2.24) is 9.88 Å². The Labute approximate surface area is 186 Å². The molecule has 166 valence electrons. The van der Waals surface area contributed by atoms with Gasteiger partial charge in [0, 0.05) is 16.5 Å². The summed E-state index contributed by atoms with van der Waals surface area (Å²) in [5.41, 5.74) is 6.39. The summed E-state index contributed by atoms with van der Waals surface area (Å²) >= 11 is 0. The third kappa shape index (κ3) is 4.31. The summed E-state index contributed by atoms with van der Waals surface area (Å²) in [6.45, 7) is 10.5. The van der Waals surface area contributed by atoms with E-state index in [0.717, 1.165) is 17.1 Å². The number of nitrogens with zero attached hydrogens (tertiary/aromatic N) is 1. The number of hydrogen-bond donors (Lipinski definition) is 1. The molecule has 0 amide bonds. The zero-order chi connectivity index (χ0) is 22.0. The number of nitrogens with one attached hydrogen (secondary N) is 1. The Hall–Kier alpha value is -2.46.